The van der Waals surface area contributed by atoms with Gasteiger partial charge in [0.05, 0.1) is 11.9 Å². The minimum absolute atomic E-state index is 0.220. The van der Waals surface area contributed by atoms with Crippen LogP contribution in [0.2, 0.25) is 5.02 Å². The summed E-state index contributed by atoms with van der Waals surface area (Å²) >= 11 is 5.90. The second kappa shape index (κ2) is 4.15. The quantitative estimate of drug-likeness (QED) is 0.758. The van der Waals surface area contributed by atoms with Gasteiger partial charge in [-0.1, -0.05) is 17.7 Å². The van der Waals surface area contributed by atoms with Crippen molar-refractivity contribution in [1.82, 2.24) is 24.5 Å². The Balaban J connectivity index is 2.13. The molecule has 1 N–H and O–H groups in total. The average Bonchev–Trinajstić information content (AvgIpc) is 2.97. The standard InChI is InChI=1S/C11H8ClN5O/c12-8-2-1-3-9(4-8)17-11(18)10(5-14-17)16-7-13-6-15-16/h1-7,14H. The molecule has 0 atom stereocenters. The molecule has 18 heavy (non-hydrogen) atoms. The highest BCUT2D eigenvalue weighted by molar-refractivity contribution is 6.30. The van der Waals surface area contributed by atoms with Crippen molar-refractivity contribution in [2.45, 2.75) is 0 Å². The fourth-order valence-corrected chi connectivity index (χ4v) is 1.85. The molecule has 0 spiro atoms. The maximum absolute atomic E-state index is 12.2. The smallest absolute Gasteiger partial charge is 0.296 e. The van der Waals surface area contributed by atoms with Crippen LogP contribution in [0.25, 0.3) is 11.4 Å². The number of rotatable bonds is 2. The summed E-state index contributed by atoms with van der Waals surface area (Å²) in [5, 5.41) is 7.35. The number of benzene rings is 1. The number of aromatic amines is 1. The molecule has 0 saturated heterocycles. The molecule has 0 unspecified atom stereocenters. The molecule has 0 saturated carbocycles. The summed E-state index contributed by atoms with van der Waals surface area (Å²) in [4.78, 5) is 16.0. The number of nitrogens with zero attached hydrogens (tertiary/aromatic N) is 4. The Morgan fingerprint density at radius 2 is 2.22 bits per heavy atom. The molecule has 1 aromatic carbocycles. The molecule has 0 aliphatic carbocycles. The number of aromatic nitrogens is 5. The molecule has 3 aromatic rings. The van der Waals surface area contributed by atoms with Gasteiger partial charge in [-0.2, -0.15) is 5.10 Å². The average molecular weight is 262 g/mol. The second-order valence-corrected chi connectivity index (χ2v) is 4.06. The van der Waals surface area contributed by atoms with Gasteiger partial charge in [0, 0.05) is 5.02 Å². The SMILES string of the molecule is O=c1c(-n2cncn2)c[nH]n1-c1cccc(Cl)c1. The Morgan fingerprint density at radius 3 is 2.94 bits per heavy atom. The molecule has 3 rings (SSSR count). The fourth-order valence-electron chi connectivity index (χ4n) is 1.66. The number of nitrogens with one attached hydrogen (secondary N) is 1. The Kier molecular flexibility index (Phi) is 2.49. The maximum Gasteiger partial charge on any atom is 0.297 e. The molecule has 0 amide bonds. The normalized spacial score (nSPS) is 10.7. The first-order valence-corrected chi connectivity index (χ1v) is 5.55. The molecule has 0 radical (unpaired) electrons. The van der Waals surface area contributed by atoms with Crippen molar-refractivity contribution in [3.8, 4) is 11.4 Å². The summed E-state index contributed by atoms with van der Waals surface area (Å²) in [6.45, 7) is 0. The lowest BCUT2D eigenvalue weighted by atomic mass is 10.3. The van der Waals surface area contributed by atoms with Gasteiger partial charge in [0.2, 0.25) is 0 Å². The molecule has 0 bridgehead atoms. The van der Waals surface area contributed by atoms with Crippen LogP contribution in [0.3, 0.4) is 0 Å². The lowest BCUT2D eigenvalue weighted by molar-refractivity contribution is 0.834. The first-order valence-electron chi connectivity index (χ1n) is 5.17. The van der Waals surface area contributed by atoms with E-state index in [1.165, 1.54) is 22.0 Å². The van der Waals surface area contributed by atoms with Gasteiger partial charge >= 0.3 is 0 Å². The van der Waals surface area contributed by atoms with Crippen LogP contribution < -0.4 is 5.56 Å². The van der Waals surface area contributed by atoms with Gasteiger partial charge in [0.15, 0.2) is 5.69 Å². The Labute approximate surface area is 106 Å². The van der Waals surface area contributed by atoms with E-state index in [4.69, 9.17) is 11.6 Å². The monoisotopic (exact) mass is 261 g/mol. The maximum atomic E-state index is 12.2. The number of H-pyrrole nitrogens is 1. The number of halogens is 1. The van der Waals surface area contributed by atoms with Crippen LogP contribution in [0.1, 0.15) is 0 Å². The third-order valence-electron chi connectivity index (χ3n) is 2.48. The van der Waals surface area contributed by atoms with Crippen LogP contribution in [0.15, 0.2) is 47.9 Å². The zero-order valence-corrected chi connectivity index (χ0v) is 9.87. The molecular weight excluding hydrogens is 254 g/mol. The van der Waals surface area contributed by atoms with Crippen molar-refractivity contribution in [3.05, 3.63) is 58.5 Å². The van der Waals surface area contributed by atoms with Crippen molar-refractivity contribution in [3.63, 3.8) is 0 Å². The minimum Gasteiger partial charge on any atom is -0.296 e. The van der Waals surface area contributed by atoms with Crippen LogP contribution in [-0.4, -0.2) is 24.5 Å². The zero-order valence-electron chi connectivity index (χ0n) is 9.12. The van der Waals surface area contributed by atoms with Crippen molar-refractivity contribution >= 4 is 11.6 Å². The van der Waals surface area contributed by atoms with Crippen LogP contribution >= 0.6 is 11.6 Å². The highest BCUT2D eigenvalue weighted by atomic mass is 35.5. The Bertz CT molecular complexity index is 728. The van der Waals surface area contributed by atoms with E-state index in [2.05, 4.69) is 15.2 Å². The van der Waals surface area contributed by atoms with E-state index in [1.54, 1.807) is 30.5 Å². The molecule has 0 aliphatic rings. The van der Waals surface area contributed by atoms with E-state index in [-0.39, 0.29) is 5.56 Å². The van der Waals surface area contributed by atoms with E-state index in [9.17, 15) is 4.79 Å². The van der Waals surface area contributed by atoms with Crippen LogP contribution in [-0.2, 0) is 0 Å². The third kappa shape index (κ3) is 1.72. The lowest BCUT2D eigenvalue weighted by Gasteiger charge is -2.00. The molecule has 6 nitrogen and oxygen atoms in total. The lowest BCUT2D eigenvalue weighted by Crippen LogP contribution is -2.18. The first kappa shape index (κ1) is 10.8. The van der Waals surface area contributed by atoms with Gasteiger partial charge in [-0.05, 0) is 18.2 Å². The van der Waals surface area contributed by atoms with Crippen LogP contribution in [0.5, 0.6) is 0 Å². The zero-order chi connectivity index (χ0) is 12.5. The van der Waals surface area contributed by atoms with Gasteiger partial charge < -0.3 is 0 Å². The summed E-state index contributed by atoms with van der Waals surface area (Å²) in [6.07, 6.45) is 4.40. The predicted octanol–water partition coefficient (Wildman–Crippen LogP) is 1.40. The van der Waals surface area contributed by atoms with Crippen LogP contribution in [0, 0.1) is 0 Å². The van der Waals surface area contributed by atoms with Crippen molar-refractivity contribution in [2.75, 3.05) is 0 Å². The minimum atomic E-state index is -0.220. The number of hydrogen-bond acceptors (Lipinski definition) is 3. The van der Waals surface area contributed by atoms with E-state index >= 15 is 0 Å². The third-order valence-corrected chi connectivity index (χ3v) is 2.72. The predicted molar refractivity (Wildman–Crippen MR) is 66.3 cm³/mol. The summed E-state index contributed by atoms with van der Waals surface area (Å²) in [5.41, 5.74) is 0.842. The summed E-state index contributed by atoms with van der Waals surface area (Å²) in [7, 11) is 0. The molecule has 2 aromatic heterocycles. The molecule has 90 valence electrons. The molecule has 7 heteroatoms. The highest BCUT2D eigenvalue weighted by Gasteiger charge is 2.10. The molecular formula is C11H8ClN5O. The van der Waals surface area contributed by atoms with Crippen LogP contribution in [0.4, 0.5) is 0 Å². The fraction of sp³-hybridized carbons (Fsp3) is 0. The molecule has 2 heterocycles. The van der Waals surface area contributed by atoms with Crippen molar-refractivity contribution in [1.29, 1.82) is 0 Å². The highest BCUT2D eigenvalue weighted by Crippen LogP contribution is 2.13. The van der Waals surface area contributed by atoms with Gasteiger partial charge in [0.1, 0.15) is 12.7 Å². The number of hydrogen-bond donors (Lipinski definition) is 1. The van der Waals surface area contributed by atoms with E-state index in [0.717, 1.165) is 0 Å². The largest absolute Gasteiger partial charge is 0.297 e. The Morgan fingerprint density at radius 1 is 1.33 bits per heavy atom. The van der Waals surface area contributed by atoms with Gasteiger partial charge in [-0.25, -0.2) is 14.3 Å². The van der Waals surface area contributed by atoms with E-state index in [0.29, 0.717) is 16.4 Å². The summed E-state index contributed by atoms with van der Waals surface area (Å²) in [5.74, 6) is 0. The summed E-state index contributed by atoms with van der Waals surface area (Å²) in [6, 6.07) is 7.01. The molecule has 0 aliphatic heterocycles. The first-order chi connectivity index (χ1) is 8.75. The van der Waals surface area contributed by atoms with Crippen molar-refractivity contribution < 1.29 is 0 Å². The van der Waals surface area contributed by atoms with E-state index < -0.39 is 0 Å². The van der Waals surface area contributed by atoms with E-state index in [1.807, 2.05) is 0 Å². The van der Waals surface area contributed by atoms with Gasteiger partial charge in [-0.3, -0.25) is 9.89 Å². The molecule has 0 fully saturated rings. The second-order valence-electron chi connectivity index (χ2n) is 3.62. The summed E-state index contributed by atoms with van der Waals surface area (Å²) < 4.78 is 2.79. The topological polar surface area (TPSA) is 68.5 Å². The van der Waals surface area contributed by atoms with Gasteiger partial charge in [-0.15, -0.1) is 0 Å². The Hall–Kier alpha value is -2.34. The van der Waals surface area contributed by atoms with Gasteiger partial charge in [0.25, 0.3) is 5.56 Å². The van der Waals surface area contributed by atoms with Crippen molar-refractivity contribution in [2.24, 2.45) is 0 Å².